The second-order valence-corrected chi connectivity index (χ2v) is 11.8. The van der Waals surface area contributed by atoms with Crippen molar-refractivity contribution in [1.82, 2.24) is 9.38 Å². The monoisotopic (exact) mass is 552 g/mol. The Hall–Kier alpha value is -5.25. The third kappa shape index (κ3) is 3.47. The molecule has 0 bridgehead atoms. The van der Waals surface area contributed by atoms with E-state index in [0.717, 1.165) is 11.2 Å². The second kappa shape index (κ2) is 9.13. The van der Waals surface area contributed by atoms with Crippen LogP contribution in [0.25, 0.3) is 81.0 Å². The number of thiophene rings is 1. The van der Waals surface area contributed by atoms with Crippen LogP contribution in [-0.2, 0) is 0 Å². The first-order chi connectivity index (χ1) is 20.8. The summed E-state index contributed by atoms with van der Waals surface area (Å²) in [6.07, 6.45) is 2.10. The van der Waals surface area contributed by atoms with Gasteiger partial charge in [-0.25, -0.2) is 4.98 Å². The normalized spacial score (nSPS) is 11.8. The quantitative estimate of drug-likeness (QED) is 0.199. The van der Waals surface area contributed by atoms with Gasteiger partial charge >= 0.3 is 0 Å². The summed E-state index contributed by atoms with van der Waals surface area (Å²) in [5.74, 6) is 0. The van der Waals surface area contributed by atoms with E-state index in [-0.39, 0.29) is 0 Å². The van der Waals surface area contributed by atoms with E-state index < -0.39 is 0 Å². The van der Waals surface area contributed by atoms with Crippen molar-refractivity contribution in [2.75, 3.05) is 0 Å². The minimum Gasteiger partial charge on any atom is -0.291 e. The van der Waals surface area contributed by atoms with Crippen LogP contribution < -0.4 is 0 Å². The number of hydrogen-bond acceptors (Lipinski definition) is 2. The summed E-state index contributed by atoms with van der Waals surface area (Å²) < 4.78 is 3.45. The molecule has 0 N–H and O–H groups in total. The molecule has 0 spiro atoms. The molecule has 0 saturated carbocycles. The molecule has 0 aliphatic carbocycles. The van der Waals surface area contributed by atoms with E-state index >= 15 is 0 Å². The molecular weight excluding hydrogens is 529 g/mol. The van der Waals surface area contributed by atoms with Gasteiger partial charge in [0.2, 0.25) is 0 Å². The van der Waals surface area contributed by atoms with Gasteiger partial charge in [-0.1, -0.05) is 109 Å². The zero-order chi connectivity index (χ0) is 27.6. The maximum Gasteiger partial charge on any atom is 0.138 e. The summed E-state index contributed by atoms with van der Waals surface area (Å²) in [4.78, 5) is 6.19. The smallest absolute Gasteiger partial charge is 0.138 e. The van der Waals surface area contributed by atoms with Crippen LogP contribution in [0.3, 0.4) is 0 Å². The van der Waals surface area contributed by atoms with Crippen LogP contribution in [0, 0.1) is 0 Å². The highest BCUT2D eigenvalue weighted by molar-refractivity contribution is 7.25. The van der Waals surface area contributed by atoms with Gasteiger partial charge in [-0.15, -0.1) is 11.3 Å². The molecule has 0 radical (unpaired) electrons. The zero-order valence-corrected chi connectivity index (χ0v) is 23.5. The summed E-state index contributed by atoms with van der Waals surface area (Å²) in [5.41, 5.74) is 9.51. The highest BCUT2D eigenvalue weighted by atomic mass is 32.1. The van der Waals surface area contributed by atoms with Crippen molar-refractivity contribution < 1.29 is 0 Å². The average Bonchev–Trinajstić information content (AvgIpc) is 3.60. The third-order valence-electron chi connectivity index (χ3n) is 8.41. The van der Waals surface area contributed by atoms with Crippen molar-refractivity contribution in [3.05, 3.63) is 146 Å². The Morgan fingerprint density at radius 2 is 1.02 bits per heavy atom. The number of rotatable bonds is 3. The lowest BCUT2D eigenvalue weighted by atomic mass is 9.85. The number of fused-ring (bicyclic) bond motifs is 7. The van der Waals surface area contributed by atoms with Gasteiger partial charge < -0.3 is 0 Å². The van der Waals surface area contributed by atoms with Gasteiger partial charge in [-0.3, -0.25) is 4.40 Å². The third-order valence-corrected chi connectivity index (χ3v) is 9.57. The van der Waals surface area contributed by atoms with Crippen LogP contribution in [0.2, 0.25) is 0 Å². The molecule has 0 amide bonds. The van der Waals surface area contributed by atoms with Crippen molar-refractivity contribution in [3.63, 3.8) is 0 Å². The number of hydrogen-bond donors (Lipinski definition) is 0. The van der Waals surface area contributed by atoms with E-state index in [1.165, 1.54) is 69.8 Å². The van der Waals surface area contributed by atoms with E-state index in [1.807, 2.05) is 6.07 Å². The fourth-order valence-corrected chi connectivity index (χ4v) is 7.64. The van der Waals surface area contributed by atoms with E-state index in [4.69, 9.17) is 4.98 Å². The number of nitrogens with zero attached hydrogens (tertiary/aromatic N) is 2. The number of aromatic nitrogens is 2. The van der Waals surface area contributed by atoms with E-state index in [2.05, 4.69) is 144 Å². The Kier molecular flexibility index (Phi) is 5.10. The van der Waals surface area contributed by atoms with Crippen molar-refractivity contribution in [3.8, 4) is 33.4 Å². The van der Waals surface area contributed by atoms with Gasteiger partial charge in [0.15, 0.2) is 0 Å². The minimum absolute atomic E-state index is 0.990. The second-order valence-electron chi connectivity index (χ2n) is 10.8. The molecule has 2 nitrogen and oxygen atoms in total. The van der Waals surface area contributed by atoms with Crippen LogP contribution in [0.4, 0.5) is 0 Å². The first kappa shape index (κ1) is 23.5. The summed E-state index contributed by atoms with van der Waals surface area (Å²) in [7, 11) is 0. The van der Waals surface area contributed by atoms with Gasteiger partial charge in [-0.05, 0) is 85.3 Å². The van der Waals surface area contributed by atoms with Crippen LogP contribution in [-0.4, -0.2) is 9.38 Å². The fourth-order valence-electron chi connectivity index (χ4n) is 6.52. The van der Waals surface area contributed by atoms with Crippen molar-refractivity contribution in [2.45, 2.75) is 0 Å². The molecule has 0 unspecified atom stereocenters. The molecule has 0 fully saturated rings. The lowest BCUT2D eigenvalue weighted by Gasteiger charge is -2.18. The Balaban J connectivity index is 1.35. The van der Waals surface area contributed by atoms with Gasteiger partial charge in [-0.2, -0.15) is 0 Å². The van der Waals surface area contributed by atoms with E-state index in [9.17, 15) is 0 Å². The fraction of sp³-hybridized carbons (Fsp3) is 0. The number of pyridine rings is 1. The molecule has 9 rings (SSSR count). The predicted octanol–water partition coefficient (Wildman–Crippen LogP) is 11.0. The molecule has 196 valence electrons. The summed E-state index contributed by atoms with van der Waals surface area (Å²) in [6.45, 7) is 0. The standard InChI is InChI=1S/C39H24N2S/c1-3-11-25(12-4-1)36-29-15-7-8-16-30(29)37(26-13-5-2-6-14-26)32-23-27(18-20-31(32)36)28-19-21-34-33(24-28)38-39(42-34)41-22-10-9-17-35(41)40-38/h1-24H. The molecule has 0 atom stereocenters. The minimum atomic E-state index is 0.990. The Morgan fingerprint density at radius 3 is 1.74 bits per heavy atom. The molecule has 9 aromatic rings. The maximum atomic E-state index is 4.99. The van der Waals surface area contributed by atoms with E-state index in [1.54, 1.807) is 11.3 Å². The Morgan fingerprint density at radius 1 is 0.452 bits per heavy atom. The Labute approximate surface area is 246 Å². The topological polar surface area (TPSA) is 17.3 Å². The highest BCUT2D eigenvalue weighted by Gasteiger charge is 2.18. The van der Waals surface area contributed by atoms with Crippen molar-refractivity contribution in [2.24, 2.45) is 0 Å². The average molecular weight is 553 g/mol. The SMILES string of the molecule is c1ccc(-c2c3ccccc3c(-c3ccccc3)c3cc(-c4ccc5sc6c(nc7ccccn76)c5c4)ccc23)cc1. The molecule has 3 aromatic heterocycles. The molecule has 3 heteroatoms. The number of imidazole rings is 1. The molecule has 0 aliphatic rings. The molecule has 42 heavy (non-hydrogen) atoms. The summed E-state index contributed by atoms with van der Waals surface area (Å²) in [5, 5.41) is 6.29. The molecule has 0 saturated heterocycles. The first-order valence-corrected chi connectivity index (χ1v) is 15.0. The summed E-state index contributed by atoms with van der Waals surface area (Å²) in [6, 6.07) is 50.5. The largest absolute Gasteiger partial charge is 0.291 e. The molecular formula is C39H24N2S. The number of benzene rings is 6. The summed E-state index contributed by atoms with van der Waals surface area (Å²) >= 11 is 1.81. The van der Waals surface area contributed by atoms with Crippen LogP contribution in [0.1, 0.15) is 0 Å². The maximum absolute atomic E-state index is 4.99. The predicted molar refractivity (Wildman–Crippen MR) is 179 cm³/mol. The molecule has 0 aliphatic heterocycles. The van der Waals surface area contributed by atoms with Gasteiger partial charge in [0.1, 0.15) is 16.0 Å². The van der Waals surface area contributed by atoms with Crippen LogP contribution >= 0.6 is 11.3 Å². The molecule has 6 aromatic carbocycles. The van der Waals surface area contributed by atoms with E-state index in [0.29, 0.717) is 0 Å². The van der Waals surface area contributed by atoms with Crippen molar-refractivity contribution in [1.29, 1.82) is 0 Å². The van der Waals surface area contributed by atoms with Crippen LogP contribution in [0.15, 0.2) is 146 Å². The first-order valence-electron chi connectivity index (χ1n) is 14.2. The molecule has 3 heterocycles. The van der Waals surface area contributed by atoms with Gasteiger partial charge in [0, 0.05) is 16.3 Å². The van der Waals surface area contributed by atoms with Gasteiger partial charge in [0.05, 0.1) is 0 Å². The highest BCUT2D eigenvalue weighted by Crippen LogP contribution is 2.45. The van der Waals surface area contributed by atoms with Crippen LogP contribution in [0.5, 0.6) is 0 Å². The zero-order valence-electron chi connectivity index (χ0n) is 22.7. The lowest BCUT2D eigenvalue weighted by molar-refractivity contribution is 1.24. The lowest BCUT2D eigenvalue weighted by Crippen LogP contribution is -1.91. The van der Waals surface area contributed by atoms with Crippen molar-refractivity contribution >= 4 is 59.0 Å². The Bertz CT molecular complexity index is 2450. The van der Waals surface area contributed by atoms with Gasteiger partial charge in [0.25, 0.3) is 0 Å².